The molecule has 1 amide bonds. The lowest BCUT2D eigenvalue weighted by Crippen LogP contribution is -2.40. The quantitative estimate of drug-likeness (QED) is 0.452. The molecule has 0 aliphatic carbocycles. The molecule has 1 saturated heterocycles. The molecule has 1 heterocycles. The van der Waals surface area contributed by atoms with E-state index in [4.69, 9.17) is 4.74 Å². The Morgan fingerprint density at radius 1 is 1.29 bits per heavy atom. The number of carbonyl (C=O) groups is 1. The predicted octanol–water partition coefficient (Wildman–Crippen LogP) is 1.55. The highest BCUT2D eigenvalue weighted by Gasteiger charge is 2.17. The number of rotatable bonds is 7. The van der Waals surface area contributed by atoms with Gasteiger partial charge in [-0.3, -0.25) is 4.79 Å². The Hall–Kier alpha value is -2.24. The van der Waals surface area contributed by atoms with E-state index < -0.39 is 0 Å². The summed E-state index contributed by atoms with van der Waals surface area (Å²) in [5.74, 6) is 1.61. The first-order valence-electron chi connectivity index (χ1n) is 8.68. The van der Waals surface area contributed by atoms with Gasteiger partial charge in [-0.1, -0.05) is 12.1 Å². The van der Waals surface area contributed by atoms with E-state index in [1.807, 2.05) is 43.0 Å². The Morgan fingerprint density at radius 3 is 2.79 bits per heavy atom. The van der Waals surface area contributed by atoms with Crippen LogP contribution in [0.25, 0.3) is 0 Å². The highest BCUT2D eigenvalue weighted by atomic mass is 16.5. The highest BCUT2D eigenvalue weighted by Crippen LogP contribution is 2.11. The molecule has 1 aromatic rings. The number of guanidine groups is 1. The van der Waals surface area contributed by atoms with Crippen molar-refractivity contribution in [2.75, 3.05) is 39.3 Å². The summed E-state index contributed by atoms with van der Waals surface area (Å²) in [7, 11) is 0. The number of aliphatic imine (C=N–C) groups is 1. The number of hydrogen-bond acceptors (Lipinski definition) is 3. The largest absolute Gasteiger partial charge is 0.492 e. The molecule has 2 N–H and O–H groups in total. The summed E-state index contributed by atoms with van der Waals surface area (Å²) in [5, 5.41) is 6.34. The summed E-state index contributed by atoms with van der Waals surface area (Å²) in [6.07, 6.45) is 2.20. The van der Waals surface area contributed by atoms with Crippen LogP contribution in [0.15, 0.2) is 29.3 Å². The molecule has 6 nitrogen and oxygen atoms in total. The van der Waals surface area contributed by atoms with E-state index in [0.717, 1.165) is 38.2 Å². The average molecular weight is 332 g/mol. The van der Waals surface area contributed by atoms with E-state index in [2.05, 4.69) is 15.6 Å². The van der Waals surface area contributed by atoms with Crippen molar-refractivity contribution in [1.82, 2.24) is 15.5 Å². The molecule has 6 heteroatoms. The summed E-state index contributed by atoms with van der Waals surface area (Å²) < 4.78 is 5.70. The minimum Gasteiger partial charge on any atom is -0.492 e. The van der Waals surface area contributed by atoms with Crippen molar-refractivity contribution in [1.29, 1.82) is 0 Å². The van der Waals surface area contributed by atoms with Gasteiger partial charge in [-0.25, -0.2) is 4.99 Å². The molecule has 0 bridgehead atoms. The summed E-state index contributed by atoms with van der Waals surface area (Å²) in [5.41, 5.74) is 1.18. The third kappa shape index (κ3) is 6.10. The molecule has 1 aromatic carbocycles. The molecular weight excluding hydrogens is 304 g/mol. The molecule has 1 fully saturated rings. The normalized spacial score (nSPS) is 14.6. The SMILES string of the molecule is CCNC(=NCC(=O)N1CCCC1)NCCOc1cccc(C)c1. The number of benzene rings is 1. The number of ether oxygens (including phenoxy) is 1. The maximum Gasteiger partial charge on any atom is 0.244 e. The monoisotopic (exact) mass is 332 g/mol. The molecule has 2 rings (SSSR count). The van der Waals surface area contributed by atoms with Crippen molar-refractivity contribution < 1.29 is 9.53 Å². The highest BCUT2D eigenvalue weighted by molar-refractivity contribution is 5.85. The lowest BCUT2D eigenvalue weighted by Gasteiger charge is -2.15. The first kappa shape index (κ1) is 18.1. The maximum absolute atomic E-state index is 12.0. The van der Waals surface area contributed by atoms with Crippen LogP contribution in [-0.2, 0) is 4.79 Å². The molecule has 0 unspecified atom stereocenters. The Morgan fingerprint density at radius 2 is 2.08 bits per heavy atom. The van der Waals surface area contributed by atoms with Crippen molar-refractivity contribution >= 4 is 11.9 Å². The number of nitrogens with one attached hydrogen (secondary N) is 2. The summed E-state index contributed by atoms with van der Waals surface area (Å²) in [4.78, 5) is 18.3. The summed E-state index contributed by atoms with van der Waals surface area (Å²) >= 11 is 0. The second-order valence-corrected chi connectivity index (χ2v) is 5.87. The Labute approximate surface area is 144 Å². The molecule has 132 valence electrons. The zero-order chi connectivity index (χ0) is 17.2. The van der Waals surface area contributed by atoms with Crippen molar-refractivity contribution in [3.05, 3.63) is 29.8 Å². The lowest BCUT2D eigenvalue weighted by molar-refractivity contribution is -0.128. The molecule has 0 atom stereocenters. The van der Waals surface area contributed by atoms with Gasteiger partial charge in [0.15, 0.2) is 5.96 Å². The van der Waals surface area contributed by atoms with Gasteiger partial charge in [-0.15, -0.1) is 0 Å². The van der Waals surface area contributed by atoms with Crippen LogP contribution in [0, 0.1) is 6.92 Å². The van der Waals surface area contributed by atoms with Crippen LogP contribution in [0.3, 0.4) is 0 Å². The van der Waals surface area contributed by atoms with Crippen LogP contribution in [0.1, 0.15) is 25.3 Å². The number of carbonyl (C=O) groups excluding carboxylic acids is 1. The fraction of sp³-hybridized carbons (Fsp3) is 0.556. The van der Waals surface area contributed by atoms with E-state index in [0.29, 0.717) is 19.1 Å². The number of aryl methyl sites for hydroxylation is 1. The Balaban J connectivity index is 1.73. The molecular formula is C18H28N4O2. The van der Waals surface area contributed by atoms with Crippen LogP contribution >= 0.6 is 0 Å². The fourth-order valence-corrected chi connectivity index (χ4v) is 2.60. The average Bonchev–Trinajstić information content (AvgIpc) is 3.11. The molecule has 0 saturated carbocycles. The van der Waals surface area contributed by atoms with E-state index in [1.165, 1.54) is 5.56 Å². The van der Waals surface area contributed by atoms with Gasteiger partial charge in [0.2, 0.25) is 5.91 Å². The van der Waals surface area contributed by atoms with Crippen molar-refractivity contribution in [3.63, 3.8) is 0 Å². The van der Waals surface area contributed by atoms with Crippen LogP contribution in [0.4, 0.5) is 0 Å². The standard InChI is InChI=1S/C18H28N4O2/c1-3-19-18(21-14-17(23)22-10-4-5-11-22)20-9-12-24-16-8-6-7-15(2)13-16/h6-8,13H,3-5,9-12,14H2,1-2H3,(H2,19,20,21). The number of nitrogens with zero attached hydrogens (tertiary/aromatic N) is 2. The lowest BCUT2D eigenvalue weighted by atomic mass is 10.2. The van der Waals surface area contributed by atoms with E-state index >= 15 is 0 Å². The van der Waals surface area contributed by atoms with Gasteiger partial charge >= 0.3 is 0 Å². The van der Waals surface area contributed by atoms with Gasteiger partial charge in [0.25, 0.3) is 0 Å². The van der Waals surface area contributed by atoms with Crippen molar-refractivity contribution in [3.8, 4) is 5.75 Å². The van der Waals surface area contributed by atoms with Crippen molar-refractivity contribution in [2.24, 2.45) is 4.99 Å². The molecule has 0 aromatic heterocycles. The van der Waals surface area contributed by atoms with Gasteiger partial charge in [-0.2, -0.15) is 0 Å². The topological polar surface area (TPSA) is 66.0 Å². The third-order valence-corrected chi connectivity index (χ3v) is 3.83. The molecule has 0 spiro atoms. The maximum atomic E-state index is 12.0. The summed E-state index contributed by atoms with van der Waals surface area (Å²) in [6, 6.07) is 7.97. The summed E-state index contributed by atoms with van der Waals surface area (Å²) in [6.45, 7) is 7.87. The van der Waals surface area contributed by atoms with Gasteiger partial charge < -0.3 is 20.3 Å². The number of likely N-dealkylation sites (tertiary alicyclic amines) is 1. The molecule has 1 aliphatic rings. The van der Waals surface area contributed by atoms with Gasteiger partial charge in [0.1, 0.15) is 18.9 Å². The zero-order valence-electron chi connectivity index (χ0n) is 14.7. The van der Waals surface area contributed by atoms with Crippen LogP contribution in [0.2, 0.25) is 0 Å². The second-order valence-electron chi connectivity index (χ2n) is 5.87. The number of amides is 1. The second kappa shape index (κ2) is 9.80. The minimum atomic E-state index is 0.0979. The molecule has 0 radical (unpaired) electrons. The zero-order valence-corrected chi connectivity index (χ0v) is 14.7. The van der Waals surface area contributed by atoms with Gasteiger partial charge in [-0.05, 0) is 44.4 Å². The van der Waals surface area contributed by atoms with Crippen molar-refractivity contribution in [2.45, 2.75) is 26.7 Å². The van der Waals surface area contributed by atoms with E-state index in [9.17, 15) is 4.79 Å². The van der Waals surface area contributed by atoms with E-state index in [-0.39, 0.29) is 12.5 Å². The van der Waals surface area contributed by atoms with Crippen LogP contribution in [0.5, 0.6) is 5.75 Å². The van der Waals surface area contributed by atoms with Gasteiger partial charge in [0, 0.05) is 19.6 Å². The van der Waals surface area contributed by atoms with Gasteiger partial charge in [0.05, 0.1) is 6.54 Å². The number of hydrogen-bond donors (Lipinski definition) is 2. The Bertz CT molecular complexity index is 554. The third-order valence-electron chi connectivity index (χ3n) is 3.83. The van der Waals surface area contributed by atoms with E-state index in [1.54, 1.807) is 0 Å². The first-order valence-corrected chi connectivity index (χ1v) is 8.68. The molecule has 1 aliphatic heterocycles. The smallest absolute Gasteiger partial charge is 0.244 e. The molecule has 24 heavy (non-hydrogen) atoms. The van der Waals surface area contributed by atoms with Crippen LogP contribution < -0.4 is 15.4 Å². The minimum absolute atomic E-state index is 0.0979. The first-order chi connectivity index (χ1) is 11.7. The fourth-order valence-electron chi connectivity index (χ4n) is 2.60. The Kier molecular flexibility index (Phi) is 7.39. The van der Waals surface area contributed by atoms with Crippen LogP contribution in [-0.4, -0.2) is 56.1 Å². The predicted molar refractivity (Wildman–Crippen MR) is 96.5 cm³/mol.